The van der Waals surface area contributed by atoms with Crippen LogP contribution in [0.5, 0.6) is 5.75 Å². The molecule has 0 fully saturated rings. The van der Waals surface area contributed by atoms with Crippen molar-refractivity contribution < 1.29 is 14.3 Å². The van der Waals surface area contributed by atoms with E-state index in [1.807, 2.05) is 44.2 Å². The predicted octanol–water partition coefficient (Wildman–Crippen LogP) is 3.64. The molecule has 0 bridgehead atoms. The molecule has 0 radical (unpaired) electrons. The molecule has 2 N–H and O–H groups in total. The van der Waals surface area contributed by atoms with Crippen LogP contribution in [-0.2, 0) is 9.59 Å². The first-order valence-electron chi connectivity index (χ1n) is 8.13. The van der Waals surface area contributed by atoms with Gasteiger partial charge in [0.2, 0.25) is 0 Å². The van der Waals surface area contributed by atoms with Crippen molar-refractivity contribution in [2.75, 3.05) is 11.9 Å². The van der Waals surface area contributed by atoms with Gasteiger partial charge in [0.25, 0.3) is 0 Å². The van der Waals surface area contributed by atoms with E-state index >= 15 is 0 Å². The monoisotopic (exact) mass is 417 g/mol. The molecule has 0 aromatic heterocycles. The first kappa shape index (κ1) is 19.7. The van der Waals surface area contributed by atoms with E-state index in [0.717, 1.165) is 16.5 Å². The summed E-state index contributed by atoms with van der Waals surface area (Å²) in [7, 11) is 0. The zero-order valence-electron chi connectivity index (χ0n) is 14.6. The van der Waals surface area contributed by atoms with Crippen molar-refractivity contribution in [2.24, 2.45) is 5.10 Å². The maximum atomic E-state index is 11.9. The van der Waals surface area contributed by atoms with Crippen molar-refractivity contribution in [3.63, 3.8) is 0 Å². The van der Waals surface area contributed by atoms with E-state index in [-0.39, 0.29) is 0 Å². The number of amides is 2. The van der Waals surface area contributed by atoms with E-state index in [0.29, 0.717) is 23.6 Å². The summed E-state index contributed by atoms with van der Waals surface area (Å²) in [5, 5.41) is 6.35. The zero-order chi connectivity index (χ0) is 18.9. The number of hydrogen-bond donors (Lipinski definition) is 2. The number of ether oxygens (including phenoxy) is 1. The van der Waals surface area contributed by atoms with Crippen LogP contribution in [0.25, 0.3) is 0 Å². The lowest BCUT2D eigenvalue weighted by Crippen LogP contribution is -2.32. The highest BCUT2D eigenvalue weighted by molar-refractivity contribution is 9.10. The number of nitrogens with zero attached hydrogens (tertiary/aromatic N) is 1. The molecule has 0 saturated heterocycles. The van der Waals surface area contributed by atoms with Crippen LogP contribution in [0, 0.1) is 6.92 Å². The molecule has 0 spiro atoms. The molecular weight excluding hydrogens is 398 g/mol. The van der Waals surface area contributed by atoms with Gasteiger partial charge in [-0.2, -0.15) is 5.10 Å². The summed E-state index contributed by atoms with van der Waals surface area (Å²) in [6.07, 6.45) is 2.31. The third kappa shape index (κ3) is 6.00. The fraction of sp³-hybridized carbons (Fsp3) is 0.211. The Labute approximate surface area is 160 Å². The van der Waals surface area contributed by atoms with E-state index in [2.05, 4.69) is 31.8 Å². The predicted molar refractivity (Wildman–Crippen MR) is 105 cm³/mol. The van der Waals surface area contributed by atoms with Crippen molar-refractivity contribution >= 4 is 39.6 Å². The molecule has 0 saturated carbocycles. The van der Waals surface area contributed by atoms with Crippen molar-refractivity contribution in [3.05, 3.63) is 58.1 Å². The molecule has 2 rings (SSSR count). The van der Waals surface area contributed by atoms with Gasteiger partial charge in [0, 0.05) is 15.7 Å². The summed E-state index contributed by atoms with van der Waals surface area (Å²) in [5.74, 6) is -0.993. The number of hydrogen-bond acceptors (Lipinski definition) is 4. The highest BCUT2D eigenvalue weighted by Crippen LogP contribution is 2.22. The van der Waals surface area contributed by atoms with Crippen molar-refractivity contribution in [1.82, 2.24) is 5.43 Å². The van der Waals surface area contributed by atoms with Gasteiger partial charge in [0.15, 0.2) is 0 Å². The molecule has 0 aliphatic rings. The molecule has 0 atom stereocenters. The van der Waals surface area contributed by atoms with Gasteiger partial charge < -0.3 is 10.1 Å². The van der Waals surface area contributed by atoms with Gasteiger partial charge in [-0.05, 0) is 43.7 Å². The summed E-state index contributed by atoms with van der Waals surface area (Å²) in [5.41, 5.74) is 4.51. The van der Waals surface area contributed by atoms with Crippen LogP contribution in [0.15, 0.2) is 52.0 Å². The largest absolute Gasteiger partial charge is 0.493 e. The number of aryl methyl sites for hydroxylation is 1. The molecule has 2 aromatic rings. The van der Waals surface area contributed by atoms with Crippen LogP contribution >= 0.6 is 15.9 Å². The summed E-state index contributed by atoms with van der Waals surface area (Å²) < 4.78 is 6.48. The fourth-order valence-corrected chi connectivity index (χ4v) is 2.38. The first-order valence-corrected chi connectivity index (χ1v) is 8.92. The molecule has 7 heteroatoms. The Hall–Kier alpha value is -2.67. The quantitative estimate of drug-likeness (QED) is 0.427. The molecule has 6 nitrogen and oxygen atoms in total. The molecule has 0 aliphatic carbocycles. The van der Waals surface area contributed by atoms with E-state index in [9.17, 15) is 9.59 Å². The minimum atomic E-state index is -0.854. The van der Waals surface area contributed by atoms with Gasteiger partial charge in [-0.25, -0.2) is 5.43 Å². The van der Waals surface area contributed by atoms with Crippen LogP contribution in [0.3, 0.4) is 0 Å². The van der Waals surface area contributed by atoms with Gasteiger partial charge in [-0.3, -0.25) is 9.59 Å². The molecule has 2 aromatic carbocycles. The first-order chi connectivity index (χ1) is 12.5. The lowest BCUT2D eigenvalue weighted by atomic mass is 10.2. The Kier molecular flexibility index (Phi) is 7.35. The standard InChI is InChI=1S/C19H20BrN3O3/c1-3-10-26-17-9-6-15(20)11-14(17)12-21-23-19(25)18(24)22-16-7-4-13(2)5-8-16/h4-9,11-12H,3,10H2,1-2H3,(H,22,24)(H,23,25)/b21-12+. The highest BCUT2D eigenvalue weighted by Gasteiger charge is 2.12. The lowest BCUT2D eigenvalue weighted by Gasteiger charge is -2.08. The average molecular weight is 418 g/mol. The Balaban J connectivity index is 1.96. The zero-order valence-corrected chi connectivity index (χ0v) is 16.2. The van der Waals surface area contributed by atoms with Gasteiger partial charge in [-0.1, -0.05) is 40.5 Å². The average Bonchev–Trinajstić information content (AvgIpc) is 2.62. The van der Waals surface area contributed by atoms with Crippen LogP contribution in [-0.4, -0.2) is 24.6 Å². The number of halogens is 1. The topological polar surface area (TPSA) is 79.8 Å². The molecule has 136 valence electrons. The van der Waals surface area contributed by atoms with Crippen molar-refractivity contribution in [2.45, 2.75) is 20.3 Å². The summed E-state index contributed by atoms with van der Waals surface area (Å²) in [4.78, 5) is 23.7. The van der Waals surface area contributed by atoms with Crippen LogP contribution in [0.4, 0.5) is 5.69 Å². The third-order valence-corrected chi connectivity index (χ3v) is 3.81. The van der Waals surface area contributed by atoms with E-state index < -0.39 is 11.8 Å². The minimum absolute atomic E-state index is 0.543. The Morgan fingerprint density at radius 1 is 1.15 bits per heavy atom. The van der Waals surface area contributed by atoms with Crippen LogP contribution < -0.4 is 15.5 Å². The Morgan fingerprint density at radius 3 is 2.58 bits per heavy atom. The second-order valence-electron chi connectivity index (χ2n) is 5.55. The highest BCUT2D eigenvalue weighted by atomic mass is 79.9. The normalized spacial score (nSPS) is 10.6. The van der Waals surface area contributed by atoms with E-state index in [1.54, 1.807) is 12.1 Å². The number of hydrazone groups is 1. The maximum absolute atomic E-state index is 11.9. The second kappa shape index (κ2) is 9.72. The second-order valence-corrected chi connectivity index (χ2v) is 6.47. The molecule has 2 amide bonds. The Bertz CT molecular complexity index is 804. The Morgan fingerprint density at radius 2 is 1.88 bits per heavy atom. The SMILES string of the molecule is CCCOc1ccc(Br)cc1/C=N/NC(=O)C(=O)Nc1ccc(C)cc1. The van der Waals surface area contributed by atoms with Gasteiger partial charge in [0.1, 0.15) is 5.75 Å². The molecular formula is C19H20BrN3O3. The fourth-order valence-electron chi connectivity index (χ4n) is 2.00. The molecule has 26 heavy (non-hydrogen) atoms. The smallest absolute Gasteiger partial charge is 0.329 e. The maximum Gasteiger partial charge on any atom is 0.329 e. The molecule has 0 unspecified atom stereocenters. The van der Waals surface area contributed by atoms with Crippen LogP contribution in [0.1, 0.15) is 24.5 Å². The van der Waals surface area contributed by atoms with Crippen molar-refractivity contribution in [3.8, 4) is 5.75 Å². The number of anilines is 1. The number of benzene rings is 2. The third-order valence-electron chi connectivity index (χ3n) is 3.32. The number of rotatable bonds is 6. The van der Waals surface area contributed by atoms with E-state index in [1.165, 1.54) is 6.21 Å². The van der Waals surface area contributed by atoms with Crippen LogP contribution in [0.2, 0.25) is 0 Å². The number of carbonyl (C=O) groups excluding carboxylic acids is 2. The van der Waals surface area contributed by atoms with Crippen molar-refractivity contribution in [1.29, 1.82) is 0 Å². The molecule has 0 heterocycles. The lowest BCUT2D eigenvalue weighted by molar-refractivity contribution is -0.136. The number of carbonyl (C=O) groups is 2. The summed E-state index contributed by atoms with van der Waals surface area (Å²) in [6, 6.07) is 12.6. The summed E-state index contributed by atoms with van der Waals surface area (Å²) in [6.45, 7) is 4.53. The van der Waals surface area contributed by atoms with Gasteiger partial charge >= 0.3 is 11.8 Å². The minimum Gasteiger partial charge on any atom is -0.493 e. The summed E-state index contributed by atoms with van der Waals surface area (Å²) >= 11 is 3.38. The van der Waals surface area contributed by atoms with Gasteiger partial charge in [0.05, 0.1) is 12.8 Å². The van der Waals surface area contributed by atoms with E-state index in [4.69, 9.17) is 4.74 Å². The number of nitrogens with one attached hydrogen (secondary N) is 2. The van der Waals surface area contributed by atoms with Gasteiger partial charge in [-0.15, -0.1) is 0 Å². The molecule has 0 aliphatic heterocycles.